The minimum absolute atomic E-state index is 0.243. The van der Waals surface area contributed by atoms with Crippen LogP contribution >= 0.6 is 0 Å². The van der Waals surface area contributed by atoms with Gasteiger partial charge in [0.15, 0.2) is 11.6 Å². The third kappa shape index (κ3) is 3.56. The maximum absolute atomic E-state index is 11.3. The number of aromatic carboxylic acids is 1. The van der Waals surface area contributed by atoms with Gasteiger partial charge in [0.05, 0.1) is 11.1 Å². The highest BCUT2D eigenvalue weighted by atomic mass is 16.4. The van der Waals surface area contributed by atoms with Crippen LogP contribution in [0.15, 0.2) is 42.9 Å². The number of carboxylic acids is 1. The van der Waals surface area contributed by atoms with E-state index in [9.17, 15) is 9.90 Å². The van der Waals surface area contributed by atoms with E-state index in [0.717, 1.165) is 37.4 Å². The Morgan fingerprint density at radius 2 is 2.07 bits per heavy atom. The number of piperidine rings is 1. The third-order valence-electron chi connectivity index (χ3n) is 5.10. The number of carboxylic acid groups (broad SMARTS) is 1. The van der Waals surface area contributed by atoms with Gasteiger partial charge < -0.3 is 20.3 Å². The zero-order valence-corrected chi connectivity index (χ0v) is 15.5. The molecule has 1 aliphatic rings. The summed E-state index contributed by atoms with van der Waals surface area (Å²) < 4.78 is 0. The second-order valence-electron chi connectivity index (χ2n) is 7.01. The van der Waals surface area contributed by atoms with E-state index in [-0.39, 0.29) is 5.56 Å². The fourth-order valence-electron chi connectivity index (χ4n) is 3.45. The predicted octanol–water partition coefficient (Wildman–Crippen LogP) is 1.99. The van der Waals surface area contributed by atoms with Gasteiger partial charge in [-0.25, -0.2) is 14.8 Å². The predicted molar refractivity (Wildman–Crippen MR) is 103 cm³/mol. The first-order chi connectivity index (χ1) is 13.6. The minimum Gasteiger partial charge on any atom is -0.478 e. The lowest BCUT2D eigenvalue weighted by Gasteiger charge is -2.40. The van der Waals surface area contributed by atoms with Crippen molar-refractivity contribution in [3.8, 4) is 11.5 Å². The Balaban J connectivity index is 1.68. The van der Waals surface area contributed by atoms with E-state index in [1.54, 1.807) is 30.5 Å². The van der Waals surface area contributed by atoms with Crippen LogP contribution in [-0.4, -0.2) is 61.3 Å². The monoisotopic (exact) mass is 379 g/mol. The van der Waals surface area contributed by atoms with Gasteiger partial charge in [-0.2, -0.15) is 0 Å². The number of hydrogen-bond acceptors (Lipinski definition) is 7. The molecule has 0 bridgehead atoms. The molecule has 0 radical (unpaired) electrons. The molecule has 0 spiro atoms. The lowest BCUT2D eigenvalue weighted by atomic mass is 9.86. The van der Waals surface area contributed by atoms with Crippen molar-refractivity contribution in [1.29, 1.82) is 0 Å². The third-order valence-corrected chi connectivity index (χ3v) is 5.10. The number of H-pyrrole nitrogens is 1. The van der Waals surface area contributed by atoms with Crippen molar-refractivity contribution in [2.45, 2.75) is 18.4 Å². The van der Waals surface area contributed by atoms with Crippen molar-refractivity contribution in [3.05, 3.63) is 54.2 Å². The van der Waals surface area contributed by atoms with Crippen LogP contribution in [0.1, 0.15) is 29.0 Å². The molecule has 1 saturated heterocycles. The number of aromatic nitrogens is 5. The van der Waals surface area contributed by atoms with Gasteiger partial charge in [-0.3, -0.25) is 0 Å². The van der Waals surface area contributed by atoms with Crippen molar-refractivity contribution >= 4 is 11.7 Å². The summed E-state index contributed by atoms with van der Waals surface area (Å²) in [7, 11) is 2.08. The summed E-state index contributed by atoms with van der Waals surface area (Å²) in [6.45, 7) is 1.77. The molecule has 4 rings (SSSR count). The second-order valence-corrected chi connectivity index (χ2v) is 7.01. The normalized spacial score (nSPS) is 16.6. The summed E-state index contributed by atoms with van der Waals surface area (Å²) in [4.78, 5) is 25.0. The largest absolute Gasteiger partial charge is 0.478 e. The molecule has 1 aliphatic heterocycles. The highest BCUT2D eigenvalue weighted by Gasteiger charge is 2.39. The highest BCUT2D eigenvalue weighted by Crippen LogP contribution is 2.35. The molecular formula is C19H21N7O2. The number of nitrogens with zero attached hydrogens (tertiary/aromatic N) is 5. The lowest BCUT2D eigenvalue weighted by Crippen LogP contribution is -2.46. The van der Waals surface area contributed by atoms with Crippen molar-refractivity contribution in [3.63, 3.8) is 0 Å². The molecule has 2 aromatic heterocycles. The standard InChI is InChI=1S/C19H21N7O2/c1-26-9-6-19(7-10-26,23-14-4-2-3-13(11-14)17(27)28)18-22-16(24-25-18)15-5-8-20-12-21-15/h2-5,8,11-12,23H,6-7,9-10H2,1H3,(H,27,28)(H,22,24,25). The number of rotatable bonds is 5. The Labute approximate surface area is 161 Å². The molecule has 0 unspecified atom stereocenters. The summed E-state index contributed by atoms with van der Waals surface area (Å²) in [6.07, 6.45) is 4.74. The first kappa shape index (κ1) is 18.1. The van der Waals surface area contributed by atoms with Gasteiger partial charge in [-0.15, -0.1) is 10.2 Å². The Bertz CT molecular complexity index is 965. The SMILES string of the molecule is CN1CCC(Nc2cccc(C(=O)O)c2)(c2nnc(-c3ccncn3)[nH]2)CC1. The Morgan fingerprint density at radius 1 is 1.25 bits per heavy atom. The molecule has 3 heterocycles. The van der Waals surface area contributed by atoms with E-state index >= 15 is 0 Å². The van der Waals surface area contributed by atoms with Gasteiger partial charge in [0.25, 0.3) is 0 Å². The number of anilines is 1. The Hall–Kier alpha value is -3.33. The number of benzene rings is 1. The molecule has 0 aliphatic carbocycles. The number of nitrogens with one attached hydrogen (secondary N) is 2. The van der Waals surface area contributed by atoms with Gasteiger partial charge in [-0.05, 0) is 44.2 Å². The van der Waals surface area contributed by atoms with Crippen LogP contribution in [0.5, 0.6) is 0 Å². The number of carbonyl (C=O) groups is 1. The van der Waals surface area contributed by atoms with E-state index < -0.39 is 11.5 Å². The molecule has 1 fully saturated rings. The van der Waals surface area contributed by atoms with E-state index in [1.165, 1.54) is 6.33 Å². The van der Waals surface area contributed by atoms with Crippen molar-refractivity contribution in [2.75, 3.05) is 25.5 Å². The maximum atomic E-state index is 11.3. The molecule has 28 heavy (non-hydrogen) atoms. The molecule has 9 heteroatoms. The van der Waals surface area contributed by atoms with Crippen LogP contribution in [0.25, 0.3) is 11.5 Å². The van der Waals surface area contributed by atoms with Crippen LogP contribution in [-0.2, 0) is 5.54 Å². The molecule has 0 atom stereocenters. The molecular weight excluding hydrogens is 358 g/mol. The van der Waals surface area contributed by atoms with Crippen LogP contribution in [0.2, 0.25) is 0 Å². The molecule has 144 valence electrons. The van der Waals surface area contributed by atoms with Gasteiger partial charge in [0, 0.05) is 25.0 Å². The van der Waals surface area contributed by atoms with E-state index in [2.05, 4.69) is 42.4 Å². The summed E-state index contributed by atoms with van der Waals surface area (Å²) in [5, 5.41) is 21.5. The van der Waals surface area contributed by atoms with Gasteiger partial charge in [0.2, 0.25) is 0 Å². The molecule has 1 aromatic carbocycles. The number of hydrogen-bond donors (Lipinski definition) is 3. The average molecular weight is 379 g/mol. The average Bonchev–Trinajstić information content (AvgIpc) is 3.22. The molecule has 0 saturated carbocycles. The summed E-state index contributed by atoms with van der Waals surface area (Å²) in [6, 6.07) is 8.60. The van der Waals surface area contributed by atoms with Gasteiger partial charge in [0.1, 0.15) is 12.0 Å². The topological polar surface area (TPSA) is 120 Å². The maximum Gasteiger partial charge on any atom is 0.335 e. The summed E-state index contributed by atoms with van der Waals surface area (Å²) >= 11 is 0. The van der Waals surface area contributed by atoms with Gasteiger partial charge in [-0.1, -0.05) is 6.07 Å². The molecule has 0 amide bonds. The van der Waals surface area contributed by atoms with Gasteiger partial charge >= 0.3 is 5.97 Å². The van der Waals surface area contributed by atoms with E-state index in [4.69, 9.17) is 0 Å². The minimum atomic E-state index is -0.952. The summed E-state index contributed by atoms with van der Waals surface area (Å²) in [5.41, 5.74) is 1.18. The first-order valence-electron chi connectivity index (χ1n) is 9.05. The van der Waals surface area contributed by atoms with Crippen molar-refractivity contribution < 1.29 is 9.90 Å². The Kier molecular flexibility index (Phi) is 4.74. The fourth-order valence-corrected chi connectivity index (χ4v) is 3.45. The van der Waals surface area contributed by atoms with Crippen LogP contribution in [0.4, 0.5) is 5.69 Å². The zero-order chi connectivity index (χ0) is 19.6. The number of aromatic amines is 1. The Morgan fingerprint density at radius 3 is 2.79 bits per heavy atom. The number of likely N-dealkylation sites (tertiary alicyclic amines) is 1. The quantitative estimate of drug-likeness (QED) is 0.616. The molecule has 3 aromatic rings. The fraction of sp³-hybridized carbons (Fsp3) is 0.316. The van der Waals surface area contributed by atoms with Crippen LogP contribution in [0, 0.1) is 0 Å². The molecule has 3 N–H and O–H groups in total. The highest BCUT2D eigenvalue weighted by molar-refractivity contribution is 5.88. The zero-order valence-electron chi connectivity index (χ0n) is 15.5. The summed E-state index contributed by atoms with van der Waals surface area (Å²) in [5.74, 6) is 0.346. The molecule has 9 nitrogen and oxygen atoms in total. The van der Waals surface area contributed by atoms with Crippen molar-refractivity contribution in [2.24, 2.45) is 0 Å². The van der Waals surface area contributed by atoms with E-state index in [1.807, 2.05) is 6.07 Å². The second kappa shape index (κ2) is 7.35. The van der Waals surface area contributed by atoms with Crippen LogP contribution in [0.3, 0.4) is 0 Å². The van der Waals surface area contributed by atoms with E-state index in [0.29, 0.717) is 11.5 Å². The smallest absolute Gasteiger partial charge is 0.335 e. The van der Waals surface area contributed by atoms with Crippen LogP contribution < -0.4 is 5.32 Å². The first-order valence-corrected chi connectivity index (χ1v) is 9.05. The van der Waals surface area contributed by atoms with Crippen molar-refractivity contribution in [1.82, 2.24) is 30.0 Å². The lowest BCUT2D eigenvalue weighted by molar-refractivity contribution is 0.0697.